The zero-order valence-electron chi connectivity index (χ0n) is 11.5. The first-order chi connectivity index (χ1) is 10.2. The molecule has 3 heteroatoms. The molecular formula is C18H16INO. The van der Waals surface area contributed by atoms with Gasteiger partial charge in [0.1, 0.15) is 5.75 Å². The number of halogens is 1. The first kappa shape index (κ1) is 13.2. The van der Waals surface area contributed by atoms with Crippen molar-refractivity contribution in [2.24, 2.45) is 5.92 Å². The molecule has 2 N–H and O–H groups in total. The monoisotopic (exact) mass is 389 g/mol. The smallest absolute Gasteiger partial charge is 0.120 e. The lowest BCUT2D eigenvalue weighted by Gasteiger charge is -2.37. The third kappa shape index (κ3) is 2.14. The molecule has 3 unspecified atom stereocenters. The second kappa shape index (κ2) is 5.05. The number of para-hydroxylation sites is 1. The normalized spacial score (nSPS) is 26.0. The third-order valence-electron chi connectivity index (χ3n) is 4.60. The summed E-state index contributed by atoms with van der Waals surface area (Å²) < 4.78 is 1.27. The van der Waals surface area contributed by atoms with Gasteiger partial charge >= 0.3 is 0 Å². The summed E-state index contributed by atoms with van der Waals surface area (Å²) in [6.45, 7) is 0. The summed E-state index contributed by atoms with van der Waals surface area (Å²) in [5.41, 5.74) is 3.57. The number of allylic oxidation sites excluding steroid dienone is 2. The highest BCUT2D eigenvalue weighted by molar-refractivity contribution is 14.1. The first-order valence-corrected chi connectivity index (χ1v) is 8.32. The molecule has 0 aromatic heterocycles. The SMILES string of the molecule is Oc1ccccc1C1Nc2ccc(I)cc2C2C=CCC21. The minimum atomic E-state index is 0.166. The Kier molecular flexibility index (Phi) is 3.17. The van der Waals surface area contributed by atoms with E-state index in [1.807, 2.05) is 18.2 Å². The Morgan fingerprint density at radius 2 is 1.95 bits per heavy atom. The van der Waals surface area contributed by atoms with E-state index in [1.165, 1.54) is 14.8 Å². The second-order valence-corrected chi connectivity index (χ2v) is 7.01. The van der Waals surface area contributed by atoms with Crippen molar-refractivity contribution in [2.45, 2.75) is 18.4 Å². The third-order valence-corrected chi connectivity index (χ3v) is 5.27. The molecule has 4 rings (SSSR count). The fraction of sp³-hybridized carbons (Fsp3) is 0.222. The second-order valence-electron chi connectivity index (χ2n) is 5.77. The van der Waals surface area contributed by atoms with Gasteiger partial charge in [-0.25, -0.2) is 0 Å². The maximum Gasteiger partial charge on any atom is 0.120 e. The van der Waals surface area contributed by atoms with Crippen molar-refractivity contribution in [3.63, 3.8) is 0 Å². The van der Waals surface area contributed by atoms with Crippen LogP contribution in [0.1, 0.15) is 29.5 Å². The summed E-state index contributed by atoms with van der Waals surface area (Å²) in [4.78, 5) is 0. The molecule has 0 radical (unpaired) electrons. The molecule has 0 saturated heterocycles. The van der Waals surface area contributed by atoms with Crippen molar-refractivity contribution in [1.29, 1.82) is 0 Å². The molecule has 2 aliphatic rings. The summed E-state index contributed by atoms with van der Waals surface area (Å²) in [5, 5.41) is 13.9. The van der Waals surface area contributed by atoms with Gasteiger partial charge in [0.25, 0.3) is 0 Å². The van der Waals surface area contributed by atoms with Crippen molar-refractivity contribution in [2.75, 3.05) is 5.32 Å². The van der Waals surface area contributed by atoms with Gasteiger partial charge in [-0.1, -0.05) is 30.4 Å². The fourth-order valence-corrected chi connectivity index (χ4v) is 4.14. The van der Waals surface area contributed by atoms with E-state index in [9.17, 15) is 5.11 Å². The predicted molar refractivity (Wildman–Crippen MR) is 93.6 cm³/mol. The summed E-state index contributed by atoms with van der Waals surface area (Å²) in [7, 11) is 0. The zero-order chi connectivity index (χ0) is 14.4. The molecule has 0 saturated carbocycles. The van der Waals surface area contributed by atoms with Gasteiger partial charge in [-0.3, -0.25) is 0 Å². The van der Waals surface area contributed by atoms with Gasteiger partial charge < -0.3 is 10.4 Å². The van der Waals surface area contributed by atoms with Crippen LogP contribution < -0.4 is 5.32 Å². The zero-order valence-corrected chi connectivity index (χ0v) is 13.6. The van der Waals surface area contributed by atoms with Gasteiger partial charge in [-0.15, -0.1) is 0 Å². The van der Waals surface area contributed by atoms with E-state index in [-0.39, 0.29) is 6.04 Å². The fourth-order valence-electron chi connectivity index (χ4n) is 3.62. The number of hydrogen-bond donors (Lipinski definition) is 2. The minimum absolute atomic E-state index is 0.166. The van der Waals surface area contributed by atoms with Crippen LogP contribution >= 0.6 is 22.6 Å². The molecule has 3 atom stereocenters. The van der Waals surface area contributed by atoms with Crippen molar-refractivity contribution in [3.05, 3.63) is 69.3 Å². The van der Waals surface area contributed by atoms with Gasteiger partial charge in [0.2, 0.25) is 0 Å². The molecule has 1 heterocycles. The Morgan fingerprint density at radius 3 is 2.81 bits per heavy atom. The van der Waals surface area contributed by atoms with Crippen LogP contribution in [0.25, 0.3) is 0 Å². The summed E-state index contributed by atoms with van der Waals surface area (Å²) in [5.74, 6) is 1.30. The molecule has 0 fully saturated rings. The van der Waals surface area contributed by atoms with Crippen molar-refractivity contribution in [1.82, 2.24) is 0 Å². The molecule has 2 aromatic rings. The molecule has 21 heavy (non-hydrogen) atoms. The molecule has 106 valence electrons. The number of benzene rings is 2. The highest BCUT2D eigenvalue weighted by Crippen LogP contribution is 2.51. The largest absolute Gasteiger partial charge is 0.508 e. The maximum atomic E-state index is 10.2. The van der Waals surface area contributed by atoms with E-state index in [1.54, 1.807) is 6.07 Å². The molecule has 2 nitrogen and oxygen atoms in total. The minimum Gasteiger partial charge on any atom is -0.508 e. The summed E-state index contributed by atoms with van der Waals surface area (Å²) in [6, 6.07) is 14.4. The van der Waals surface area contributed by atoms with E-state index < -0.39 is 0 Å². The molecular weight excluding hydrogens is 373 g/mol. The van der Waals surface area contributed by atoms with Gasteiger partial charge in [0.15, 0.2) is 0 Å². The van der Waals surface area contributed by atoms with Crippen LogP contribution in [0.5, 0.6) is 5.75 Å². The van der Waals surface area contributed by atoms with Crippen molar-refractivity contribution in [3.8, 4) is 5.75 Å². The number of anilines is 1. The average Bonchev–Trinajstić information content (AvgIpc) is 2.97. The van der Waals surface area contributed by atoms with E-state index in [4.69, 9.17) is 0 Å². The van der Waals surface area contributed by atoms with Crippen LogP contribution in [0.15, 0.2) is 54.6 Å². The number of phenolic OH excluding ortho intramolecular Hbond substituents is 1. The Hall–Kier alpha value is -1.49. The summed E-state index contributed by atoms with van der Waals surface area (Å²) >= 11 is 2.37. The van der Waals surface area contributed by atoms with Gasteiger partial charge in [-0.05, 0) is 64.8 Å². The number of aromatic hydroxyl groups is 1. The molecule has 1 aliphatic heterocycles. The lowest BCUT2D eigenvalue weighted by molar-refractivity contribution is 0.402. The van der Waals surface area contributed by atoms with Gasteiger partial charge in [-0.2, -0.15) is 0 Å². The van der Waals surface area contributed by atoms with Crippen LogP contribution in [-0.2, 0) is 0 Å². The Bertz CT molecular complexity index is 725. The number of nitrogens with one attached hydrogen (secondary N) is 1. The van der Waals surface area contributed by atoms with Crippen LogP contribution in [0.3, 0.4) is 0 Å². The number of phenols is 1. The van der Waals surface area contributed by atoms with Crippen LogP contribution in [-0.4, -0.2) is 5.11 Å². The molecule has 0 bridgehead atoms. The Morgan fingerprint density at radius 1 is 1.10 bits per heavy atom. The number of fused-ring (bicyclic) bond motifs is 3. The van der Waals surface area contributed by atoms with E-state index in [0.717, 1.165) is 12.0 Å². The van der Waals surface area contributed by atoms with Crippen molar-refractivity contribution >= 4 is 28.3 Å². The topological polar surface area (TPSA) is 32.3 Å². The Balaban J connectivity index is 1.82. The van der Waals surface area contributed by atoms with Gasteiger partial charge in [0.05, 0.1) is 6.04 Å². The van der Waals surface area contributed by atoms with Gasteiger partial charge in [0, 0.05) is 20.7 Å². The quantitative estimate of drug-likeness (QED) is 0.541. The highest BCUT2D eigenvalue weighted by atomic mass is 127. The lowest BCUT2D eigenvalue weighted by atomic mass is 9.77. The highest BCUT2D eigenvalue weighted by Gasteiger charge is 2.38. The predicted octanol–water partition coefficient (Wildman–Crippen LogP) is 4.82. The Labute approximate surface area is 138 Å². The maximum absolute atomic E-state index is 10.2. The van der Waals surface area contributed by atoms with E-state index >= 15 is 0 Å². The lowest BCUT2D eigenvalue weighted by Crippen LogP contribution is -2.29. The van der Waals surface area contributed by atoms with Crippen molar-refractivity contribution < 1.29 is 5.11 Å². The average molecular weight is 389 g/mol. The molecule has 1 aliphatic carbocycles. The number of rotatable bonds is 1. The number of hydrogen-bond acceptors (Lipinski definition) is 2. The van der Waals surface area contributed by atoms with Crippen LogP contribution in [0.2, 0.25) is 0 Å². The standard InChI is InChI=1S/C18H16INO/c19-11-8-9-16-15(10-11)12-5-3-6-13(12)18(20-16)14-4-1-2-7-17(14)21/h1-5,7-10,12-13,18,20-21H,6H2. The molecule has 0 amide bonds. The first-order valence-electron chi connectivity index (χ1n) is 7.24. The van der Waals surface area contributed by atoms with E-state index in [0.29, 0.717) is 17.6 Å². The molecule has 0 spiro atoms. The van der Waals surface area contributed by atoms with E-state index in [2.05, 4.69) is 58.3 Å². The molecule has 2 aromatic carbocycles. The summed E-state index contributed by atoms with van der Waals surface area (Å²) in [6.07, 6.45) is 5.66. The van der Waals surface area contributed by atoms with Crippen LogP contribution in [0.4, 0.5) is 5.69 Å². The van der Waals surface area contributed by atoms with Crippen LogP contribution in [0, 0.1) is 9.49 Å².